The van der Waals surface area contributed by atoms with Crippen molar-refractivity contribution in [3.63, 3.8) is 0 Å². The molecule has 0 atom stereocenters. The zero-order valence-corrected chi connectivity index (χ0v) is 21.9. The first-order chi connectivity index (χ1) is 16.8. The number of hydrogen-bond acceptors (Lipinski definition) is 4. The number of anilines is 3. The highest BCUT2D eigenvalue weighted by Crippen LogP contribution is 2.54. The monoisotopic (exact) mass is 593 g/mol. The van der Waals surface area contributed by atoms with E-state index in [-0.39, 0.29) is 31.8 Å². The number of nitrogens with zero attached hydrogens (tertiary/aromatic N) is 2. The van der Waals surface area contributed by atoms with Crippen LogP contribution in [0.4, 0.5) is 25.8 Å². The Kier molecular flexibility index (Phi) is 5.85. The molecule has 186 valence electrons. The van der Waals surface area contributed by atoms with E-state index in [4.69, 9.17) is 4.74 Å². The van der Waals surface area contributed by atoms with Gasteiger partial charge in [-0.2, -0.15) is 0 Å². The molecule has 3 heterocycles. The molecule has 6 rings (SSSR count). The molecule has 3 fully saturated rings. The molecule has 1 N–H and O–H groups in total. The van der Waals surface area contributed by atoms with Crippen LogP contribution in [0.25, 0.3) is 0 Å². The Labute approximate surface area is 218 Å². The second kappa shape index (κ2) is 8.78. The maximum Gasteiger partial charge on any atom is 0.257 e. The van der Waals surface area contributed by atoms with Gasteiger partial charge in [0.2, 0.25) is 0 Å². The van der Waals surface area contributed by atoms with E-state index < -0.39 is 5.92 Å². The summed E-state index contributed by atoms with van der Waals surface area (Å²) in [4.78, 5) is 17.8. The molecule has 2 aromatic carbocycles. The average Bonchev–Trinajstić information content (AvgIpc) is 3.41. The van der Waals surface area contributed by atoms with Crippen LogP contribution in [-0.2, 0) is 6.42 Å². The predicted octanol–water partition coefficient (Wildman–Crippen LogP) is 6.09. The van der Waals surface area contributed by atoms with Crippen LogP contribution in [0, 0.1) is 8.99 Å². The van der Waals surface area contributed by atoms with Crippen molar-refractivity contribution in [1.29, 1.82) is 0 Å². The Balaban J connectivity index is 1.25. The molecule has 8 heteroatoms. The van der Waals surface area contributed by atoms with Crippen LogP contribution < -0.4 is 19.9 Å². The topological polar surface area (TPSA) is 44.8 Å². The highest BCUT2D eigenvalue weighted by atomic mass is 127. The number of ether oxygens (including phenoxy) is 1. The Morgan fingerprint density at radius 1 is 0.914 bits per heavy atom. The molecule has 35 heavy (non-hydrogen) atoms. The Morgan fingerprint density at radius 3 is 2.31 bits per heavy atom. The molecule has 3 aliphatic heterocycles. The summed E-state index contributed by atoms with van der Waals surface area (Å²) in [6, 6.07) is 9.84. The molecular formula is C27H30F2IN3O2. The fourth-order valence-electron chi connectivity index (χ4n) is 5.73. The fraction of sp³-hybridized carbons (Fsp3) is 0.519. The van der Waals surface area contributed by atoms with Gasteiger partial charge < -0.3 is 19.9 Å². The highest BCUT2D eigenvalue weighted by Gasteiger charge is 2.44. The summed E-state index contributed by atoms with van der Waals surface area (Å²) in [5, 5.41) is 3.11. The summed E-state index contributed by atoms with van der Waals surface area (Å²) in [5.41, 5.74) is 4.75. The van der Waals surface area contributed by atoms with Gasteiger partial charge >= 0.3 is 0 Å². The van der Waals surface area contributed by atoms with Crippen molar-refractivity contribution in [2.45, 2.75) is 50.9 Å². The predicted molar refractivity (Wildman–Crippen MR) is 142 cm³/mol. The van der Waals surface area contributed by atoms with Gasteiger partial charge in [-0.05, 0) is 84.0 Å². The lowest BCUT2D eigenvalue weighted by atomic mass is 9.93. The summed E-state index contributed by atoms with van der Waals surface area (Å²) in [5.74, 6) is -1.98. The van der Waals surface area contributed by atoms with E-state index in [1.807, 2.05) is 29.2 Å². The van der Waals surface area contributed by atoms with E-state index in [0.717, 1.165) is 45.8 Å². The van der Waals surface area contributed by atoms with Gasteiger partial charge in [-0.3, -0.25) is 4.79 Å². The quantitative estimate of drug-likeness (QED) is 0.436. The fourth-order valence-corrected chi connectivity index (χ4v) is 6.20. The summed E-state index contributed by atoms with van der Waals surface area (Å²) in [7, 11) is 0. The number of carbonyl (C=O) groups excluding carboxylic acids is 1. The SMILES string of the molecule is O=C(Nc1cc2c(c(N3CCC(F)(F)CC3)c1)OCC2)c1ccc(I)cc1N1CCC2(CC1)CC2. The zero-order chi connectivity index (χ0) is 24.2. The maximum atomic E-state index is 13.8. The number of carbonyl (C=O) groups is 1. The van der Waals surface area contributed by atoms with Gasteiger partial charge in [0.05, 0.1) is 23.5 Å². The van der Waals surface area contributed by atoms with Crippen LogP contribution in [0.5, 0.6) is 5.75 Å². The number of piperidine rings is 2. The number of hydrogen-bond donors (Lipinski definition) is 1. The third kappa shape index (κ3) is 4.70. The van der Waals surface area contributed by atoms with Crippen molar-refractivity contribution in [3.05, 3.63) is 45.0 Å². The molecule has 4 aliphatic rings. The lowest BCUT2D eigenvalue weighted by Crippen LogP contribution is -2.39. The molecule has 2 saturated heterocycles. The minimum Gasteiger partial charge on any atom is -0.491 e. The highest BCUT2D eigenvalue weighted by molar-refractivity contribution is 14.1. The molecule has 0 radical (unpaired) electrons. The largest absolute Gasteiger partial charge is 0.491 e. The first kappa shape index (κ1) is 23.3. The molecule has 0 unspecified atom stereocenters. The van der Waals surface area contributed by atoms with Gasteiger partial charge in [0.25, 0.3) is 11.8 Å². The first-order valence-electron chi connectivity index (χ1n) is 12.6. The first-order valence-corrected chi connectivity index (χ1v) is 13.7. The number of benzene rings is 2. The van der Waals surface area contributed by atoms with E-state index in [2.05, 4.69) is 38.9 Å². The van der Waals surface area contributed by atoms with Gasteiger partial charge in [0.1, 0.15) is 5.75 Å². The van der Waals surface area contributed by atoms with Crippen molar-refractivity contribution in [1.82, 2.24) is 0 Å². The third-order valence-electron chi connectivity index (χ3n) is 8.18. The summed E-state index contributed by atoms with van der Waals surface area (Å²) in [6.45, 7) is 3.10. The van der Waals surface area contributed by atoms with Gasteiger partial charge in [0, 0.05) is 60.3 Å². The van der Waals surface area contributed by atoms with Crippen LogP contribution in [0.15, 0.2) is 30.3 Å². The van der Waals surface area contributed by atoms with E-state index in [1.165, 1.54) is 25.7 Å². The molecule has 1 saturated carbocycles. The number of amides is 1. The van der Waals surface area contributed by atoms with Crippen molar-refractivity contribution < 1.29 is 18.3 Å². The van der Waals surface area contributed by atoms with E-state index >= 15 is 0 Å². The van der Waals surface area contributed by atoms with Crippen molar-refractivity contribution >= 4 is 45.6 Å². The molecule has 1 aliphatic carbocycles. The van der Waals surface area contributed by atoms with Gasteiger partial charge in [-0.1, -0.05) is 0 Å². The molecule has 5 nitrogen and oxygen atoms in total. The number of fused-ring (bicyclic) bond motifs is 1. The molecule has 0 aromatic heterocycles. The van der Waals surface area contributed by atoms with Crippen LogP contribution in [-0.4, -0.2) is 44.6 Å². The van der Waals surface area contributed by atoms with Crippen molar-refractivity contribution in [2.24, 2.45) is 5.41 Å². The maximum absolute atomic E-state index is 13.8. The number of rotatable bonds is 4. The molecule has 0 bridgehead atoms. The summed E-state index contributed by atoms with van der Waals surface area (Å²) >= 11 is 2.30. The third-order valence-corrected chi connectivity index (χ3v) is 8.85. The van der Waals surface area contributed by atoms with E-state index in [9.17, 15) is 13.6 Å². The number of nitrogens with one attached hydrogen (secondary N) is 1. The smallest absolute Gasteiger partial charge is 0.257 e. The van der Waals surface area contributed by atoms with Gasteiger partial charge in [-0.25, -0.2) is 8.78 Å². The Bertz CT molecular complexity index is 1150. The number of alkyl halides is 2. The van der Waals surface area contributed by atoms with Crippen LogP contribution in [0.2, 0.25) is 0 Å². The Hall–Kier alpha value is -2.10. The minimum atomic E-state index is -2.61. The minimum absolute atomic E-state index is 0.141. The van der Waals surface area contributed by atoms with Crippen LogP contribution >= 0.6 is 22.6 Å². The van der Waals surface area contributed by atoms with Crippen molar-refractivity contribution in [3.8, 4) is 5.75 Å². The summed E-state index contributed by atoms with van der Waals surface area (Å²) < 4.78 is 34.5. The lowest BCUT2D eigenvalue weighted by molar-refractivity contribution is -0.0221. The summed E-state index contributed by atoms with van der Waals surface area (Å²) in [6.07, 6.45) is 5.51. The van der Waals surface area contributed by atoms with Gasteiger partial charge in [0.15, 0.2) is 0 Å². The molecule has 1 amide bonds. The van der Waals surface area contributed by atoms with Gasteiger partial charge in [-0.15, -0.1) is 0 Å². The molecule has 1 spiro atoms. The van der Waals surface area contributed by atoms with Crippen LogP contribution in [0.1, 0.15) is 54.4 Å². The average molecular weight is 593 g/mol. The normalized spacial score (nSPS) is 22.0. The number of halogens is 3. The molecule has 2 aromatic rings. The Morgan fingerprint density at radius 2 is 1.60 bits per heavy atom. The standard InChI is InChI=1S/C27H30F2IN3O2/c28-27(29)8-12-33(13-9-27)23-17-20(15-18-3-14-35-24(18)23)31-25(34)21-2-1-19(30)16-22(21)32-10-6-26(4-5-26)7-11-32/h1-2,15-17H,3-14H2,(H,31,34). The van der Waals surface area contributed by atoms with Crippen LogP contribution in [0.3, 0.4) is 0 Å². The van der Waals surface area contributed by atoms with E-state index in [1.54, 1.807) is 0 Å². The lowest BCUT2D eigenvalue weighted by Gasteiger charge is -2.35. The molecular weight excluding hydrogens is 563 g/mol. The van der Waals surface area contributed by atoms with Crippen molar-refractivity contribution in [2.75, 3.05) is 47.9 Å². The second-order valence-corrected chi connectivity index (χ2v) is 11.8. The van der Waals surface area contributed by atoms with E-state index in [0.29, 0.717) is 23.3 Å². The second-order valence-electron chi connectivity index (χ2n) is 10.5. The zero-order valence-electron chi connectivity index (χ0n) is 19.7.